The highest BCUT2D eigenvalue weighted by Gasteiger charge is 2.24. The zero-order valence-electron chi connectivity index (χ0n) is 14.8. The largest absolute Gasteiger partial charge is 0.467 e. The third kappa shape index (κ3) is 3.33. The number of methoxy groups -OCH3 is 1. The van der Waals surface area contributed by atoms with Crippen molar-refractivity contribution in [1.82, 2.24) is 25.4 Å². The van der Waals surface area contributed by atoms with Crippen molar-refractivity contribution in [3.63, 3.8) is 0 Å². The van der Waals surface area contributed by atoms with Gasteiger partial charge in [-0.15, -0.1) is 0 Å². The highest BCUT2D eigenvalue weighted by atomic mass is 16.5. The summed E-state index contributed by atoms with van der Waals surface area (Å²) in [6.07, 6.45) is 6.06. The summed E-state index contributed by atoms with van der Waals surface area (Å²) in [5, 5.41) is 6.78. The van der Waals surface area contributed by atoms with E-state index in [2.05, 4.69) is 30.3 Å². The number of rotatable bonds is 5. The Morgan fingerprint density at radius 3 is 2.77 bits per heavy atom. The monoisotopic (exact) mass is 358 g/mol. The van der Waals surface area contributed by atoms with Crippen LogP contribution in [0.3, 0.4) is 0 Å². The predicted molar refractivity (Wildman–Crippen MR) is 92.1 cm³/mol. The van der Waals surface area contributed by atoms with Crippen LogP contribution in [-0.2, 0) is 19.4 Å². The zero-order chi connectivity index (χ0) is 17.9. The van der Waals surface area contributed by atoms with E-state index in [1.807, 2.05) is 0 Å². The Hall–Kier alpha value is -2.71. The van der Waals surface area contributed by atoms with Gasteiger partial charge in [-0.3, -0.25) is 4.79 Å². The molecule has 0 unspecified atom stereocenters. The molecule has 1 fully saturated rings. The summed E-state index contributed by atoms with van der Waals surface area (Å²) in [4.78, 5) is 27.6. The molecule has 2 aromatic heterocycles. The van der Waals surface area contributed by atoms with Crippen LogP contribution in [0.25, 0.3) is 0 Å². The molecule has 26 heavy (non-hydrogen) atoms. The molecule has 0 bridgehead atoms. The molecule has 1 saturated heterocycles. The Balaban J connectivity index is 1.47. The van der Waals surface area contributed by atoms with E-state index in [-0.39, 0.29) is 18.5 Å². The summed E-state index contributed by atoms with van der Waals surface area (Å²) >= 11 is 0. The molecular weight excluding hydrogens is 336 g/mol. The molecule has 1 amide bonds. The third-order valence-corrected chi connectivity index (χ3v) is 4.79. The Morgan fingerprint density at radius 2 is 1.96 bits per heavy atom. The van der Waals surface area contributed by atoms with Gasteiger partial charge in [0.25, 0.3) is 5.91 Å². The second-order valence-corrected chi connectivity index (χ2v) is 6.56. The number of anilines is 1. The number of fused-ring (bicyclic) bond motifs is 1. The Bertz CT molecular complexity index is 800. The SMILES string of the molecule is COc1nc(CNC(=O)c2noc3c2CCCC3)nc(N2CCCC2)n1. The first-order valence-electron chi connectivity index (χ1n) is 9.04. The van der Waals surface area contributed by atoms with Gasteiger partial charge in [0, 0.05) is 25.1 Å². The van der Waals surface area contributed by atoms with Crippen molar-refractivity contribution in [2.24, 2.45) is 0 Å². The molecule has 1 aliphatic heterocycles. The molecule has 0 saturated carbocycles. The fourth-order valence-electron chi connectivity index (χ4n) is 3.42. The fraction of sp³-hybridized carbons (Fsp3) is 0.588. The summed E-state index contributed by atoms with van der Waals surface area (Å²) in [5.41, 5.74) is 1.31. The summed E-state index contributed by atoms with van der Waals surface area (Å²) < 4.78 is 10.5. The number of carbonyl (C=O) groups is 1. The van der Waals surface area contributed by atoms with E-state index in [0.29, 0.717) is 17.5 Å². The van der Waals surface area contributed by atoms with E-state index in [0.717, 1.165) is 62.9 Å². The smallest absolute Gasteiger partial charge is 0.321 e. The first kappa shape index (κ1) is 16.7. The molecule has 9 nitrogen and oxygen atoms in total. The number of aryl methyl sites for hydroxylation is 1. The van der Waals surface area contributed by atoms with Gasteiger partial charge in [-0.25, -0.2) is 0 Å². The minimum absolute atomic E-state index is 0.181. The van der Waals surface area contributed by atoms with Crippen LogP contribution < -0.4 is 15.0 Å². The van der Waals surface area contributed by atoms with E-state index >= 15 is 0 Å². The number of ether oxygens (including phenoxy) is 1. The molecule has 9 heteroatoms. The minimum Gasteiger partial charge on any atom is -0.467 e. The van der Waals surface area contributed by atoms with Gasteiger partial charge < -0.3 is 19.5 Å². The summed E-state index contributed by atoms with van der Waals surface area (Å²) in [6.45, 7) is 2.02. The summed E-state index contributed by atoms with van der Waals surface area (Å²) in [5.74, 6) is 1.63. The lowest BCUT2D eigenvalue weighted by Crippen LogP contribution is -2.27. The molecule has 0 aromatic carbocycles. The average Bonchev–Trinajstić information content (AvgIpc) is 3.35. The lowest BCUT2D eigenvalue weighted by atomic mass is 9.96. The van der Waals surface area contributed by atoms with Crippen molar-refractivity contribution in [2.45, 2.75) is 45.1 Å². The van der Waals surface area contributed by atoms with Crippen LogP contribution in [0.4, 0.5) is 5.95 Å². The van der Waals surface area contributed by atoms with Crippen LogP contribution in [-0.4, -0.2) is 46.2 Å². The standard InChI is InChI=1S/C17H22N6O3/c1-25-17-20-13(19-16(21-17)23-8-4-5-9-23)10-18-15(24)14-11-6-2-3-7-12(11)26-22-14/h2-10H2,1H3,(H,18,24). The fourth-order valence-corrected chi connectivity index (χ4v) is 3.42. The number of amides is 1. The topological polar surface area (TPSA) is 106 Å². The Morgan fingerprint density at radius 1 is 1.15 bits per heavy atom. The van der Waals surface area contributed by atoms with Crippen LogP contribution in [0, 0.1) is 0 Å². The predicted octanol–water partition coefficient (Wildman–Crippen LogP) is 1.28. The average molecular weight is 358 g/mol. The van der Waals surface area contributed by atoms with Crippen molar-refractivity contribution >= 4 is 11.9 Å². The Kier molecular flexibility index (Phi) is 4.68. The zero-order valence-corrected chi connectivity index (χ0v) is 14.8. The highest BCUT2D eigenvalue weighted by Crippen LogP contribution is 2.24. The quantitative estimate of drug-likeness (QED) is 0.852. The van der Waals surface area contributed by atoms with Crippen LogP contribution in [0.5, 0.6) is 6.01 Å². The van der Waals surface area contributed by atoms with Gasteiger partial charge >= 0.3 is 6.01 Å². The van der Waals surface area contributed by atoms with E-state index in [9.17, 15) is 4.79 Å². The van der Waals surface area contributed by atoms with Gasteiger partial charge in [0.05, 0.1) is 13.7 Å². The normalized spacial score (nSPS) is 16.4. The minimum atomic E-state index is -0.265. The van der Waals surface area contributed by atoms with Crippen molar-refractivity contribution < 1.29 is 14.1 Å². The van der Waals surface area contributed by atoms with E-state index in [1.54, 1.807) is 0 Å². The molecule has 3 heterocycles. The summed E-state index contributed by atoms with van der Waals surface area (Å²) in [7, 11) is 1.52. The number of nitrogens with zero attached hydrogens (tertiary/aromatic N) is 5. The highest BCUT2D eigenvalue weighted by molar-refractivity contribution is 5.93. The van der Waals surface area contributed by atoms with Crippen molar-refractivity contribution in [1.29, 1.82) is 0 Å². The molecule has 0 spiro atoms. The lowest BCUT2D eigenvalue weighted by molar-refractivity contribution is 0.0939. The number of hydrogen-bond acceptors (Lipinski definition) is 8. The third-order valence-electron chi connectivity index (χ3n) is 4.79. The van der Waals surface area contributed by atoms with Gasteiger partial charge in [0.1, 0.15) is 5.76 Å². The van der Waals surface area contributed by atoms with Crippen molar-refractivity contribution in [2.75, 3.05) is 25.1 Å². The number of aromatic nitrogens is 4. The van der Waals surface area contributed by atoms with E-state index in [4.69, 9.17) is 9.26 Å². The second kappa shape index (κ2) is 7.27. The lowest BCUT2D eigenvalue weighted by Gasteiger charge is -2.16. The van der Waals surface area contributed by atoms with Gasteiger partial charge in [0.2, 0.25) is 5.95 Å². The molecule has 138 valence electrons. The molecule has 2 aromatic rings. The maximum Gasteiger partial charge on any atom is 0.321 e. The number of carbonyl (C=O) groups excluding carboxylic acids is 1. The van der Waals surface area contributed by atoms with Gasteiger partial charge in [-0.05, 0) is 32.1 Å². The summed E-state index contributed by atoms with van der Waals surface area (Å²) in [6, 6.07) is 0.255. The first-order chi connectivity index (χ1) is 12.7. The van der Waals surface area contributed by atoms with Crippen LogP contribution in [0.2, 0.25) is 0 Å². The van der Waals surface area contributed by atoms with Crippen molar-refractivity contribution in [3.8, 4) is 6.01 Å². The molecule has 1 N–H and O–H groups in total. The molecule has 4 rings (SSSR count). The maximum absolute atomic E-state index is 12.5. The van der Waals surface area contributed by atoms with E-state index < -0.39 is 0 Å². The van der Waals surface area contributed by atoms with Crippen LogP contribution >= 0.6 is 0 Å². The van der Waals surface area contributed by atoms with Gasteiger partial charge in [-0.2, -0.15) is 15.0 Å². The molecule has 1 aliphatic carbocycles. The van der Waals surface area contributed by atoms with Gasteiger partial charge in [0.15, 0.2) is 11.5 Å². The number of hydrogen-bond donors (Lipinski definition) is 1. The van der Waals surface area contributed by atoms with Crippen molar-refractivity contribution in [3.05, 3.63) is 22.8 Å². The van der Waals surface area contributed by atoms with Crippen LogP contribution in [0.1, 0.15) is 53.3 Å². The second-order valence-electron chi connectivity index (χ2n) is 6.56. The molecule has 0 radical (unpaired) electrons. The number of nitrogens with one attached hydrogen (secondary N) is 1. The maximum atomic E-state index is 12.5. The Labute approximate surface area is 151 Å². The van der Waals surface area contributed by atoms with E-state index in [1.165, 1.54) is 7.11 Å². The molecule has 0 atom stereocenters. The molecular formula is C17H22N6O3. The first-order valence-corrected chi connectivity index (χ1v) is 9.04. The molecule has 2 aliphatic rings. The van der Waals surface area contributed by atoms with Gasteiger partial charge in [-0.1, -0.05) is 5.16 Å². The van der Waals surface area contributed by atoms with Crippen LogP contribution in [0.15, 0.2) is 4.52 Å².